The van der Waals surface area contributed by atoms with Gasteiger partial charge in [0, 0.05) is 6.04 Å². The van der Waals surface area contributed by atoms with Crippen molar-refractivity contribution in [3.63, 3.8) is 0 Å². The van der Waals surface area contributed by atoms with Crippen molar-refractivity contribution in [2.45, 2.75) is 44.6 Å². The highest BCUT2D eigenvalue weighted by Crippen LogP contribution is 2.14. The molecular weight excluding hydrogens is 158 g/mol. The molecule has 1 saturated carbocycles. The quantitative estimate of drug-likeness (QED) is 0.491. The molecule has 0 aromatic rings. The summed E-state index contributed by atoms with van der Waals surface area (Å²) >= 11 is 0. The van der Waals surface area contributed by atoms with Crippen LogP contribution in [0.5, 0.6) is 0 Å². The van der Waals surface area contributed by atoms with Crippen LogP contribution >= 0.6 is 0 Å². The molecule has 0 aromatic heterocycles. The Balaban J connectivity index is 0.000000261. The second kappa shape index (κ2) is 6.91. The molecule has 0 radical (unpaired) electrons. The lowest BCUT2D eigenvalue weighted by Crippen LogP contribution is -2.17. The van der Waals surface area contributed by atoms with E-state index in [4.69, 9.17) is 20.7 Å². The lowest BCUT2D eigenvalue weighted by molar-refractivity contribution is 0.137. The average molecular weight is 175 g/mol. The fourth-order valence-electron chi connectivity index (χ4n) is 1.31. The Morgan fingerprint density at radius 2 is 1.42 bits per heavy atom. The molecule has 0 bridgehead atoms. The molecular formula is C8H17NO3. The first kappa shape index (κ1) is 11.2. The topological polar surface area (TPSA) is 83.6 Å². The van der Waals surface area contributed by atoms with Gasteiger partial charge in [0.25, 0.3) is 0 Å². The molecule has 1 aliphatic rings. The van der Waals surface area contributed by atoms with Crippen molar-refractivity contribution in [1.82, 2.24) is 0 Å². The largest absolute Gasteiger partial charge is 0.503 e. The molecule has 0 aliphatic heterocycles. The van der Waals surface area contributed by atoms with Gasteiger partial charge in [-0.3, -0.25) is 0 Å². The molecule has 0 atom stereocenters. The van der Waals surface area contributed by atoms with Crippen LogP contribution in [-0.2, 0) is 0 Å². The minimum atomic E-state index is -1.83. The van der Waals surface area contributed by atoms with Crippen LogP contribution in [0.15, 0.2) is 0 Å². The van der Waals surface area contributed by atoms with Gasteiger partial charge < -0.3 is 15.9 Å². The smallest absolute Gasteiger partial charge is 0.450 e. The van der Waals surface area contributed by atoms with Crippen molar-refractivity contribution < 1.29 is 15.0 Å². The minimum absolute atomic E-state index is 0.525. The maximum absolute atomic E-state index is 8.56. The van der Waals surface area contributed by atoms with Crippen LogP contribution in [0.1, 0.15) is 38.5 Å². The van der Waals surface area contributed by atoms with E-state index in [0.717, 1.165) is 0 Å². The van der Waals surface area contributed by atoms with E-state index < -0.39 is 6.16 Å². The van der Waals surface area contributed by atoms with Gasteiger partial charge in [-0.05, 0) is 12.8 Å². The summed E-state index contributed by atoms with van der Waals surface area (Å²) in [6.07, 6.45) is 6.24. The molecule has 12 heavy (non-hydrogen) atoms. The monoisotopic (exact) mass is 175 g/mol. The van der Waals surface area contributed by atoms with Crippen LogP contribution in [0.2, 0.25) is 0 Å². The van der Waals surface area contributed by atoms with Gasteiger partial charge in [0.05, 0.1) is 0 Å². The number of rotatable bonds is 0. The van der Waals surface area contributed by atoms with Crippen LogP contribution in [0.3, 0.4) is 0 Å². The number of hydrogen-bond acceptors (Lipinski definition) is 2. The van der Waals surface area contributed by atoms with Crippen molar-refractivity contribution in [2.75, 3.05) is 0 Å². The Kier molecular flexibility index (Phi) is 6.47. The summed E-state index contributed by atoms with van der Waals surface area (Å²) in [6, 6.07) is 0.525. The first-order valence-electron chi connectivity index (χ1n) is 4.30. The third-order valence-corrected chi connectivity index (χ3v) is 1.90. The predicted octanol–water partition coefficient (Wildman–Crippen LogP) is 1.89. The van der Waals surface area contributed by atoms with E-state index in [1.165, 1.54) is 38.5 Å². The zero-order valence-corrected chi connectivity index (χ0v) is 7.20. The maximum Gasteiger partial charge on any atom is 0.503 e. The van der Waals surface area contributed by atoms with Gasteiger partial charge in [-0.15, -0.1) is 0 Å². The Morgan fingerprint density at radius 1 is 1.08 bits per heavy atom. The molecule has 0 amide bonds. The predicted molar refractivity (Wildman–Crippen MR) is 46.3 cm³/mol. The molecule has 0 heterocycles. The zero-order chi connectivity index (χ0) is 9.40. The number of hydrogen-bond donors (Lipinski definition) is 3. The van der Waals surface area contributed by atoms with E-state index in [2.05, 4.69) is 0 Å². The minimum Gasteiger partial charge on any atom is -0.450 e. The van der Waals surface area contributed by atoms with Gasteiger partial charge in [0.2, 0.25) is 0 Å². The van der Waals surface area contributed by atoms with E-state index in [0.29, 0.717) is 6.04 Å². The molecule has 1 fully saturated rings. The summed E-state index contributed by atoms with van der Waals surface area (Å²) in [6.45, 7) is 0. The number of nitrogens with two attached hydrogens (primary N) is 1. The molecule has 0 unspecified atom stereocenters. The standard InChI is InChI=1S/C7H15N.CH2O3/c8-7-5-3-1-2-4-6-7;2-1(3)4/h7H,1-6,8H2;(H2,2,3,4). The Hall–Kier alpha value is -0.770. The van der Waals surface area contributed by atoms with Crippen LogP contribution in [-0.4, -0.2) is 22.4 Å². The summed E-state index contributed by atoms with van der Waals surface area (Å²) in [7, 11) is 0. The van der Waals surface area contributed by atoms with Gasteiger partial charge in [0.15, 0.2) is 0 Å². The van der Waals surface area contributed by atoms with Crippen LogP contribution < -0.4 is 5.73 Å². The van der Waals surface area contributed by atoms with Crippen molar-refractivity contribution >= 4 is 6.16 Å². The fourth-order valence-corrected chi connectivity index (χ4v) is 1.31. The van der Waals surface area contributed by atoms with E-state index in [9.17, 15) is 0 Å². The highest BCUT2D eigenvalue weighted by Gasteiger charge is 2.05. The van der Waals surface area contributed by atoms with Crippen molar-refractivity contribution in [2.24, 2.45) is 5.73 Å². The van der Waals surface area contributed by atoms with Crippen molar-refractivity contribution in [1.29, 1.82) is 0 Å². The second-order valence-corrected chi connectivity index (χ2v) is 3.03. The molecule has 0 saturated heterocycles. The lowest BCUT2D eigenvalue weighted by Gasteiger charge is -2.03. The summed E-state index contributed by atoms with van der Waals surface area (Å²) in [5.74, 6) is 0. The SMILES string of the molecule is NC1CCCCCC1.O=C(O)O. The highest BCUT2D eigenvalue weighted by atomic mass is 16.6. The van der Waals surface area contributed by atoms with E-state index >= 15 is 0 Å². The summed E-state index contributed by atoms with van der Waals surface area (Å²) in [5, 5.41) is 13.9. The van der Waals surface area contributed by atoms with Crippen LogP contribution in [0.4, 0.5) is 4.79 Å². The third kappa shape index (κ3) is 9.23. The molecule has 4 nitrogen and oxygen atoms in total. The van der Waals surface area contributed by atoms with Crippen LogP contribution in [0.25, 0.3) is 0 Å². The normalized spacial score (nSPS) is 18.8. The lowest BCUT2D eigenvalue weighted by atomic mass is 10.1. The molecule has 1 aliphatic carbocycles. The molecule has 0 aromatic carbocycles. The number of carboxylic acid groups (broad SMARTS) is 2. The van der Waals surface area contributed by atoms with Gasteiger partial charge >= 0.3 is 6.16 Å². The molecule has 1 rings (SSSR count). The third-order valence-electron chi connectivity index (χ3n) is 1.90. The summed E-state index contributed by atoms with van der Waals surface area (Å²) < 4.78 is 0. The summed E-state index contributed by atoms with van der Waals surface area (Å²) in [5.41, 5.74) is 5.73. The highest BCUT2D eigenvalue weighted by molar-refractivity contribution is 5.53. The van der Waals surface area contributed by atoms with Crippen molar-refractivity contribution in [3.8, 4) is 0 Å². The summed E-state index contributed by atoms with van der Waals surface area (Å²) in [4.78, 5) is 8.56. The maximum atomic E-state index is 8.56. The first-order valence-corrected chi connectivity index (χ1v) is 4.30. The van der Waals surface area contributed by atoms with E-state index in [1.807, 2.05) is 0 Å². The molecule has 72 valence electrons. The molecule has 4 heteroatoms. The van der Waals surface area contributed by atoms with Crippen molar-refractivity contribution in [3.05, 3.63) is 0 Å². The van der Waals surface area contributed by atoms with E-state index in [1.54, 1.807) is 0 Å². The van der Waals surface area contributed by atoms with Gasteiger partial charge in [0.1, 0.15) is 0 Å². The zero-order valence-electron chi connectivity index (χ0n) is 7.20. The molecule has 4 N–H and O–H groups in total. The number of carbonyl (C=O) groups is 1. The van der Waals surface area contributed by atoms with Gasteiger partial charge in [-0.2, -0.15) is 0 Å². The first-order chi connectivity index (χ1) is 5.63. The van der Waals surface area contributed by atoms with Gasteiger partial charge in [-0.25, -0.2) is 4.79 Å². The Bertz CT molecular complexity index is 115. The Labute approximate surface area is 72.4 Å². The second-order valence-electron chi connectivity index (χ2n) is 3.03. The van der Waals surface area contributed by atoms with E-state index in [-0.39, 0.29) is 0 Å². The molecule has 0 spiro atoms. The van der Waals surface area contributed by atoms with Gasteiger partial charge in [-0.1, -0.05) is 25.7 Å². The fraction of sp³-hybridized carbons (Fsp3) is 0.875. The Morgan fingerprint density at radius 3 is 1.75 bits per heavy atom. The van der Waals surface area contributed by atoms with Crippen LogP contribution in [0, 0.1) is 0 Å². The average Bonchev–Trinajstić information content (AvgIpc) is 2.14.